The van der Waals surface area contributed by atoms with Gasteiger partial charge in [0.15, 0.2) is 0 Å². The van der Waals surface area contributed by atoms with Gasteiger partial charge < -0.3 is 14.8 Å². The molecule has 3 fully saturated rings. The first-order valence-electron chi connectivity index (χ1n) is 7.86. The Kier molecular flexibility index (Phi) is 4.73. The van der Waals surface area contributed by atoms with Gasteiger partial charge in [-0.15, -0.1) is 0 Å². The summed E-state index contributed by atoms with van der Waals surface area (Å²) in [6.45, 7) is 6.16. The van der Waals surface area contributed by atoms with Crippen LogP contribution in [0.1, 0.15) is 32.6 Å². The number of hydrogen-bond acceptors (Lipinski definition) is 4. The lowest BCUT2D eigenvalue weighted by Crippen LogP contribution is -2.50. The fourth-order valence-corrected chi connectivity index (χ4v) is 5.40. The Bertz CT molecular complexity index is 288. The number of hydrogen-bond donors (Lipinski definition) is 1. The summed E-state index contributed by atoms with van der Waals surface area (Å²) in [5, 5.41) is 3.76. The maximum absolute atomic E-state index is 6.17. The zero-order valence-corrected chi connectivity index (χ0v) is 12.8. The number of nitrogens with one attached hydrogen (secondary N) is 1. The summed E-state index contributed by atoms with van der Waals surface area (Å²) >= 11 is 2.07. The standard InChI is InChI=1S/C15H27NO2S/c1-2-16-14(13-3-6-17-10-13)12-4-7-18-15(9-12)5-8-19-11-15/h12-14,16H,2-11H2,1H3. The van der Waals surface area contributed by atoms with E-state index in [4.69, 9.17) is 9.47 Å². The first-order valence-corrected chi connectivity index (χ1v) is 9.01. The van der Waals surface area contributed by atoms with Crippen molar-refractivity contribution in [3.8, 4) is 0 Å². The van der Waals surface area contributed by atoms with Crippen molar-refractivity contribution in [3.05, 3.63) is 0 Å². The fourth-order valence-electron chi connectivity index (χ4n) is 4.03. The molecule has 4 atom stereocenters. The SMILES string of the molecule is CCNC(C1CCOC1)C1CCOC2(CCSC2)C1. The molecule has 0 radical (unpaired) electrons. The van der Waals surface area contributed by atoms with Gasteiger partial charge in [-0.25, -0.2) is 0 Å². The van der Waals surface area contributed by atoms with Crippen molar-refractivity contribution in [1.82, 2.24) is 5.32 Å². The van der Waals surface area contributed by atoms with Crippen LogP contribution in [0.2, 0.25) is 0 Å². The molecule has 0 aromatic heterocycles. The molecule has 3 aliphatic heterocycles. The van der Waals surface area contributed by atoms with E-state index in [0.29, 0.717) is 12.0 Å². The molecule has 4 unspecified atom stereocenters. The molecule has 19 heavy (non-hydrogen) atoms. The van der Waals surface area contributed by atoms with Crippen LogP contribution in [0.25, 0.3) is 0 Å². The first kappa shape index (κ1) is 14.2. The minimum Gasteiger partial charge on any atom is -0.381 e. The highest BCUT2D eigenvalue weighted by Crippen LogP contribution is 2.42. The molecular weight excluding hydrogens is 258 g/mol. The Morgan fingerprint density at radius 1 is 1.32 bits per heavy atom. The van der Waals surface area contributed by atoms with Gasteiger partial charge in [0.25, 0.3) is 0 Å². The van der Waals surface area contributed by atoms with Gasteiger partial charge in [-0.1, -0.05) is 6.92 Å². The summed E-state index contributed by atoms with van der Waals surface area (Å²) < 4.78 is 11.8. The second-order valence-corrected chi connectivity index (χ2v) is 7.40. The predicted molar refractivity (Wildman–Crippen MR) is 79.7 cm³/mol. The van der Waals surface area contributed by atoms with E-state index in [1.165, 1.54) is 37.2 Å². The van der Waals surface area contributed by atoms with E-state index in [-0.39, 0.29) is 5.60 Å². The maximum atomic E-state index is 6.17. The van der Waals surface area contributed by atoms with Crippen LogP contribution in [0.5, 0.6) is 0 Å². The molecule has 4 heteroatoms. The summed E-state index contributed by atoms with van der Waals surface area (Å²) in [7, 11) is 0. The summed E-state index contributed by atoms with van der Waals surface area (Å²) in [6.07, 6.45) is 4.97. The van der Waals surface area contributed by atoms with Crippen LogP contribution in [0.3, 0.4) is 0 Å². The predicted octanol–water partition coefficient (Wildman–Crippen LogP) is 2.30. The summed E-state index contributed by atoms with van der Waals surface area (Å²) in [5.41, 5.74) is 0.209. The molecule has 3 nitrogen and oxygen atoms in total. The quantitative estimate of drug-likeness (QED) is 0.858. The zero-order chi connectivity index (χ0) is 13.1. The lowest BCUT2D eigenvalue weighted by atomic mass is 9.77. The van der Waals surface area contributed by atoms with E-state index >= 15 is 0 Å². The highest BCUT2D eigenvalue weighted by molar-refractivity contribution is 7.99. The molecule has 1 spiro atoms. The number of thioether (sulfide) groups is 1. The van der Waals surface area contributed by atoms with Crippen molar-refractivity contribution in [2.45, 2.75) is 44.2 Å². The van der Waals surface area contributed by atoms with Crippen LogP contribution in [-0.4, -0.2) is 49.5 Å². The van der Waals surface area contributed by atoms with E-state index in [0.717, 1.165) is 32.3 Å². The minimum absolute atomic E-state index is 0.209. The normalized spacial score (nSPS) is 40.9. The highest BCUT2D eigenvalue weighted by atomic mass is 32.2. The maximum Gasteiger partial charge on any atom is 0.0783 e. The van der Waals surface area contributed by atoms with Gasteiger partial charge >= 0.3 is 0 Å². The van der Waals surface area contributed by atoms with Gasteiger partial charge in [-0.05, 0) is 43.9 Å². The zero-order valence-electron chi connectivity index (χ0n) is 12.0. The fraction of sp³-hybridized carbons (Fsp3) is 1.00. The summed E-state index contributed by atoms with van der Waals surface area (Å²) in [5.74, 6) is 3.99. The molecule has 3 saturated heterocycles. The molecule has 0 saturated carbocycles. The summed E-state index contributed by atoms with van der Waals surface area (Å²) in [4.78, 5) is 0. The molecule has 3 rings (SSSR count). The average molecular weight is 285 g/mol. The number of rotatable bonds is 4. The molecule has 1 N–H and O–H groups in total. The third kappa shape index (κ3) is 3.12. The molecule has 0 bridgehead atoms. The minimum atomic E-state index is 0.209. The monoisotopic (exact) mass is 285 g/mol. The van der Waals surface area contributed by atoms with Crippen LogP contribution in [0.15, 0.2) is 0 Å². The van der Waals surface area contributed by atoms with Crippen molar-refractivity contribution in [3.63, 3.8) is 0 Å². The van der Waals surface area contributed by atoms with Gasteiger partial charge in [-0.2, -0.15) is 11.8 Å². The van der Waals surface area contributed by atoms with Crippen LogP contribution >= 0.6 is 11.8 Å². The van der Waals surface area contributed by atoms with Gasteiger partial charge in [0.05, 0.1) is 12.2 Å². The molecule has 110 valence electrons. The number of ether oxygens (including phenoxy) is 2. The van der Waals surface area contributed by atoms with E-state index in [1.807, 2.05) is 0 Å². The first-order chi connectivity index (χ1) is 9.33. The van der Waals surface area contributed by atoms with Crippen molar-refractivity contribution >= 4 is 11.8 Å². The topological polar surface area (TPSA) is 30.5 Å². The van der Waals surface area contributed by atoms with Gasteiger partial charge in [0, 0.05) is 30.9 Å². The molecule has 0 aliphatic carbocycles. The Labute approximate surface area is 121 Å². The Hall–Kier alpha value is 0.230. The third-order valence-electron chi connectivity index (χ3n) is 5.02. The largest absolute Gasteiger partial charge is 0.381 e. The lowest BCUT2D eigenvalue weighted by Gasteiger charge is -2.42. The van der Waals surface area contributed by atoms with Crippen molar-refractivity contribution < 1.29 is 9.47 Å². The molecule has 0 aromatic rings. The lowest BCUT2D eigenvalue weighted by molar-refractivity contribution is -0.0884. The molecule has 3 heterocycles. The second kappa shape index (κ2) is 6.33. The second-order valence-electron chi connectivity index (χ2n) is 6.29. The van der Waals surface area contributed by atoms with Crippen molar-refractivity contribution in [2.75, 3.05) is 37.9 Å². The van der Waals surface area contributed by atoms with Crippen LogP contribution in [0.4, 0.5) is 0 Å². The smallest absolute Gasteiger partial charge is 0.0783 e. The highest BCUT2D eigenvalue weighted by Gasteiger charge is 2.44. The molecule has 3 aliphatic rings. The van der Waals surface area contributed by atoms with Gasteiger partial charge in [0.1, 0.15) is 0 Å². The van der Waals surface area contributed by atoms with Gasteiger partial charge in [0.2, 0.25) is 0 Å². The molecule has 0 aromatic carbocycles. The summed E-state index contributed by atoms with van der Waals surface area (Å²) in [6, 6.07) is 0.638. The molecular formula is C15H27NO2S. The van der Waals surface area contributed by atoms with E-state index < -0.39 is 0 Å². The van der Waals surface area contributed by atoms with Crippen molar-refractivity contribution in [1.29, 1.82) is 0 Å². The van der Waals surface area contributed by atoms with Crippen molar-refractivity contribution in [2.24, 2.45) is 11.8 Å². The Morgan fingerprint density at radius 3 is 2.89 bits per heavy atom. The van der Waals surface area contributed by atoms with Gasteiger partial charge in [-0.3, -0.25) is 0 Å². The van der Waals surface area contributed by atoms with Crippen LogP contribution in [0, 0.1) is 11.8 Å². The molecule has 0 amide bonds. The van der Waals surface area contributed by atoms with E-state index in [2.05, 4.69) is 24.0 Å². The third-order valence-corrected chi connectivity index (χ3v) is 6.24. The van der Waals surface area contributed by atoms with E-state index in [1.54, 1.807) is 0 Å². The van der Waals surface area contributed by atoms with Crippen LogP contribution < -0.4 is 5.32 Å². The Balaban J connectivity index is 1.66. The van der Waals surface area contributed by atoms with E-state index in [9.17, 15) is 0 Å². The van der Waals surface area contributed by atoms with Crippen LogP contribution in [-0.2, 0) is 9.47 Å². The Morgan fingerprint density at radius 2 is 2.21 bits per heavy atom. The average Bonchev–Trinajstić information content (AvgIpc) is 3.08.